The molecule has 1 atom stereocenters. The molecule has 0 saturated heterocycles. The molecule has 0 fully saturated rings. The standard InChI is InChI=1S/C15H31O2/c1-4-7-9-10-12-14-17-15(16,6-3)13-11-8-5-2/h4-14H2,1-3H3. The summed E-state index contributed by atoms with van der Waals surface area (Å²) in [5.74, 6) is -1.11. The van der Waals surface area contributed by atoms with Gasteiger partial charge in [0.05, 0.1) is 6.61 Å². The first-order valence-electron chi connectivity index (χ1n) is 7.53. The van der Waals surface area contributed by atoms with Crippen molar-refractivity contribution in [1.82, 2.24) is 0 Å². The third-order valence-electron chi connectivity index (χ3n) is 3.31. The van der Waals surface area contributed by atoms with Gasteiger partial charge in [-0.3, -0.25) is 0 Å². The second kappa shape index (κ2) is 11.0. The highest BCUT2D eigenvalue weighted by Gasteiger charge is 2.26. The van der Waals surface area contributed by atoms with Gasteiger partial charge in [-0.2, -0.15) is 5.11 Å². The van der Waals surface area contributed by atoms with Gasteiger partial charge in [-0.15, -0.1) is 0 Å². The summed E-state index contributed by atoms with van der Waals surface area (Å²) < 4.78 is 5.55. The Morgan fingerprint density at radius 1 is 0.824 bits per heavy atom. The van der Waals surface area contributed by atoms with Crippen molar-refractivity contribution in [2.45, 2.75) is 90.8 Å². The van der Waals surface area contributed by atoms with Crippen LogP contribution in [0.3, 0.4) is 0 Å². The smallest absolute Gasteiger partial charge is 0.201 e. The minimum absolute atomic E-state index is 0.589. The van der Waals surface area contributed by atoms with E-state index in [-0.39, 0.29) is 0 Å². The van der Waals surface area contributed by atoms with E-state index in [9.17, 15) is 5.11 Å². The Labute approximate surface area is 108 Å². The van der Waals surface area contributed by atoms with Gasteiger partial charge in [0.2, 0.25) is 5.79 Å². The molecule has 0 heterocycles. The van der Waals surface area contributed by atoms with Crippen LogP contribution in [0.25, 0.3) is 0 Å². The van der Waals surface area contributed by atoms with Gasteiger partial charge >= 0.3 is 0 Å². The first-order valence-corrected chi connectivity index (χ1v) is 7.53. The first-order chi connectivity index (χ1) is 8.18. The molecule has 0 aromatic heterocycles. The van der Waals surface area contributed by atoms with Crippen LogP contribution >= 0.6 is 0 Å². The number of unbranched alkanes of at least 4 members (excludes halogenated alkanes) is 6. The molecule has 2 nitrogen and oxygen atoms in total. The summed E-state index contributed by atoms with van der Waals surface area (Å²) in [5.41, 5.74) is 0. The lowest BCUT2D eigenvalue weighted by Crippen LogP contribution is -2.30. The van der Waals surface area contributed by atoms with E-state index in [1.807, 2.05) is 6.92 Å². The van der Waals surface area contributed by atoms with E-state index in [0.29, 0.717) is 19.4 Å². The maximum atomic E-state index is 12.2. The highest BCUT2D eigenvalue weighted by Crippen LogP contribution is 2.22. The fourth-order valence-electron chi connectivity index (χ4n) is 1.96. The van der Waals surface area contributed by atoms with E-state index in [0.717, 1.165) is 25.7 Å². The van der Waals surface area contributed by atoms with Crippen LogP contribution in [-0.4, -0.2) is 12.4 Å². The van der Waals surface area contributed by atoms with Crippen molar-refractivity contribution in [2.24, 2.45) is 0 Å². The Bertz CT molecular complexity index is 159. The maximum Gasteiger partial charge on any atom is 0.201 e. The zero-order valence-electron chi connectivity index (χ0n) is 12.1. The predicted molar refractivity (Wildman–Crippen MR) is 72.6 cm³/mol. The molecular formula is C15H31O2. The summed E-state index contributed by atoms with van der Waals surface area (Å²) in [5, 5.41) is 12.2. The van der Waals surface area contributed by atoms with Crippen LogP contribution < -0.4 is 0 Å². The van der Waals surface area contributed by atoms with Gasteiger partial charge in [0.15, 0.2) is 0 Å². The summed E-state index contributed by atoms with van der Waals surface area (Å²) in [6, 6.07) is 0. The molecule has 0 bridgehead atoms. The quantitative estimate of drug-likeness (QED) is 0.347. The van der Waals surface area contributed by atoms with E-state index in [2.05, 4.69) is 13.8 Å². The normalized spacial score (nSPS) is 14.8. The SMILES string of the molecule is CCCCCCCOC([O])(CC)CCCCC. The Morgan fingerprint density at radius 2 is 1.41 bits per heavy atom. The minimum Gasteiger partial charge on any atom is -0.347 e. The Hall–Kier alpha value is -0.0800. The van der Waals surface area contributed by atoms with Gasteiger partial charge in [0, 0.05) is 12.8 Å². The maximum absolute atomic E-state index is 12.2. The molecule has 2 heteroatoms. The molecule has 0 aromatic rings. The lowest BCUT2D eigenvalue weighted by molar-refractivity contribution is -0.247. The van der Waals surface area contributed by atoms with E-state index in [1.54, 1.807) is 0 Å². The molecular weight excluding hydrogens is 212 g/mol. The fraction of sp³-hybridized carbons (Fsp3) is 1.00. The van der Waals surface area contributed by atoms with Crippen LogP contribution in [0.5, 0.6) is 0 Å². The number of hydrogen-bond acceptors (Lipinski definition) is 1. The van der Waals surface area contributed by atoms with Crippen LogP contribution in [0.4, 0.5) is 0 Å². The monoisotopic (exact) mass is 243 g/mol. The number of ether oxygens (including phenoxy) is 1. The third-order valence-corrected chi connectivity index (χ3v) is 3.31. The largest absolute Gasteiger partial charge is 0.347 e. The van der Waals surface area contributed by atoms with Gasteiger partial charge < -0.3 is 4.74 Å². The second-order valence-corrected chi connectivity index (χ2v) is 4.98. The summed E-state index contributed by atoms with van der Waals surface area (Å²) in [7, 11) is 0. The average molecular weight is 243 g/mol. The second-order valence-electron chi connectivity index (χ2n) is 4.98. The molecule has 0 N–H and O–H groups in total. The summed E-state index contributed by atoms with van der Waals surface area (Å²) in [6.07, 6.45) is 10.6. The average Bonchev–Trinajstić information content (AvgIpc) is 2.34. The van der Waals surface area contributed by atoms with Crippen molar-refractivity contribution >= 4 is 0 Å². The number of rotatable bonds is 12. The van der Waals surface area contributed by atoms with E-state index < -0.39 is 5.79 Å². The highest BCUT2D eigenvalue weighted by molar-refractivity contribution is 4.64. The first kappa shape index (κ1) is 16.9. The summed E-state index contributed by atoms with van der Waals surface area (Å²) in [6.45, 7) is 6.96. The Kier molecular flexibility index (Phi) is 11.0. The van der Waals surface area contributed by atoms with Crippen molar-refractivity contribution in [3.05, 3.63) is 0 Å². The van der Waals surface area contributed by atoms with E-state index in [4.69, 9.17) is 4.74 Å². The molecule has 0 rings (SSSR count). The molecule has 1 radical (unpaired) electrons. The molecule has 1 unspecified atom stereocenters. The van der Waals surface area contributed by atoms with Gasteiger partial charge in [-0.25, -0.2) is 0 Å². The van der Waals surface area contributed by atoms with Gasteiger partial charge in [-0.05, 0) is 12.8 Å². The van der Waals surface area contributed by atoms with E-state index in [1.165, 1.54) is 25.7 Å². The molecule has 17 heavy (non-hydrogen) atoms. The molecule has 0 aliphatic rings. The van der Waals surface area contributed by atoms with Crippen LogP contribution in [0.1, 0.15) is 85.0 Å². The van der Waals surface area contributed by atoms with E-state index >= 15 is 0 Å². The highest BCUT2D eigenvalue weighted by atomic mass is 16.6. The van der Waals surface area contributed by atoms with Crippen molar-refractivity contribution in [1.29, 1.82) is 0 Å². The summed E-state index contributed by atoms with van der Waals surface area (Å²) in [4.78, 5) is 0. The van der Waals surface area contributed by atoms with Gasteiger partial charge in [-0.1, -0.05) is 59.3 Å². The summed E-state index contributed by atoms with van der Waals surface area (Å²) >= 11 is 0. The molecule has 0 amide bonds. The Balaban J connectivity index is 3.57. The number of hydrogen-bond donors (Lipinski definition) is 0. The molecule has 103 valence electrons. The van der Waals surface area contributed by atoms with Crippen LogP contribution in [0, 0.1) is 0 Å². The van der Waals surface area contributed by atoms with Crippen molar-refractivity contribution in [3.8, 4) is 0 Å². The predicted octanol–water partition coefficient (Wildman–Crippen LogP) is 5.09. The molecule has 0 spiro atoms. The van der Waals surface area contributed by atoms with Crippen molar-refractivity contribution in [2.75, 3.05) is 6.61 Å². The van der Waals surface area contributed by atoms with Gasteiger partial charge in [0.25, 0.3) is 0 Å². The van der Waals surface area contributed by atoms with Gasteiger partial charge in [0.1, 0.15) is 0 Å². The lowest BCUT2D eigenvalue weighted by Gasteiger charge is -2.24. The van der Waals surface area contributed by atoms with Crippen LogP contribution in [-0.2, 0) is 9.84 Å². The minimum atomic E-state index is -1.11. The van der Waals surface area contributed by atoms with Crippen LogP contribution in [0.2, 0.25) is 0 Å². The topological polar surface area (TPSA) is 29.1 Å². The fourth-order valence-corrected chi connectivity index (χ4v) is 1.96. The molecule has 0 saturated carbocycles. The Morgan fingerprint density at radius 3 is 2.00 bits per heavy atom. The van der Waals surface area contributed by atoms with Crippen molar-refractivity contribution < 1.29 is 9.84 Å². The van der Waals surface area contributed by atoms with Crippen LogP contribution in [0.15, 0.2) is 0 Å². The molecule has 0 aliphatic heterocycles. The third kappa shape index (κ3) is 9.61. The van der Waals surface area contributed by atoms with Crippen molar-refractivity contribution in [3.63, 3.8) is 0 Å². The molecule has 0 aromatic carbocycles. The zero-order chi connectivity index (χ0) is 13.0. The lowest BCUT2D eigenvalue weighted by atomic mass is 10.1. The zero-order valence-corrected chi connectivity index (χ0v) is 12.1. The molecule has 0 aliphatic carbocycles.